The van der Waals surface area contributed by atoms with Gasteiger partial charge in [-0.2, -0.15) is 0 Å². The molecule has 1 aromatic carbocycles. The number of benzene rings is 1. The van der Waals surface area contributed by atoms with Gasteiger partial charge in [-0.05, 0) is 36.3 Å². The highest BCUT2D eigenvalue weighted by molar-refractivity contribution is 8.00. The van der Waals surface area contributed by atoms with Crippen molar-refractivity contribution in [1.29, 1.82) is 0 Å². The second-order valence-electron chi connectivity index (χ2n) is 9.27. The van der Waals surface area contributed by atoms with Crippen LogP contribution in [0.2, 0.25) is 0 Å². The Labute approximate surface area is 168 Å². The summed E-state index contributed by atoms with van der Waals surface area (Å²) >= 11 is 1.66. The molecule has 1 aromatic rings. The third-order valence-corrected chi connectivity index (χ3v) is 5.97. The predicted molar refractivity (Wildman–Crippen MR) is 113 cm³/mol. The molecule has 5 heteroatoms. The summed E-state index contributed by atoms with van der Waals surface area (Å²) in [7, 11) is 0. The molecule has 0 saturated heterocycles. The number of rotatable bonds is 7. The number of phenols is 1. The Morgan fingerprint density at radius 1 is 1.07 bits per heavy atom. The fourth-order valence-corrected chi connectivity index (χ4v) is 3.89. The third kappa shape index (κ3) is 6.42. The van der Waals surface area contributed by atoms with Gasteiger partial charge in [0, 0.05) is 21.3 Å². The number of carbonyl (C=O) groups is 1. The highest BCUT2D eigenvalue weighted by Gasteiger charge is 2.28. The molecule has 0 aliphatic heterocycles. The number of carboxylic acids is 1. The molecule has 0 saturated carbocycles. The van der Waals surface area contributed by atoms with Crippen LogP contribution in [-0.2, 0) is 20.4 Å². The number of hydrogen-bond acceptors (Lipinski definition) is 4. The van der Waals surface area contributed by atoms with Crippen LogP contribution in [-0.4, -0.2) is 33.6 Å². The molecule has 1 unspecified atom stereocenters. The van der Waals surface area contributed by atoms with Crippen molar-refractivity contribution in [2.24, 2.45) is 0 Å². The maximum Gasteiger partial charge on any atom is 0.332 e. The maximum atomic E-state index is 11.2. The van der Waals surface area contributed by atoms with E-state index in [0.717, 1.165) is 16.0 Å². The van der Waals surface area contributed by atoms with Crippen LogP contribution in [0.1, 0.15) is 79.9 Å². The standard InChI is InChI=1S/C22H36O4S/c1-10-18(20(24)25)26-13(2)14(3)27-15-11-16(21(4,5)6)19(23)17(12-15)22(7,8)9/h11-14,18,23H,10H2,1-9H3,(H,24,25)/t13-,14-,18?/m1/s1. The Morgan fingerprint density at radius 3 is 1.85 bits per heavy atom. The largest absolute Gasteiger partial charge is 0.507 e. The van der Waals surface area contributed by atoms with Crippen LogP contribution in [0.5, 0.6) is 5.75 Å². The van der Waals surface area contributed by atoms with Crippen LogP contribution in [0.4, 0.5) is 0 Å². The van der Waals surface area contributed by atoms with Gasteiger partial charge in [0.2, 0.25) is 0 Å². The predicted octanol–water partition coefficient (Wildman–Crippen LogP) is 5.74. The van der Waals surface area contributed by atoms with Gasteiger partial charge in [-0.15, -0.1) is 11.8 Å². The first kappa shape index (κ1) is 23.8. The van der Waals surface area contributed by atoms with Crippen LogP contribution in [0.15, 0.2) is 17.0 Å². The summed E-state index contributed by atoms with van der Waals surface area (Å²) < 4.78 is 5.74. The molecule has 0 amide bonds. The highest BCUT2D eigenvalue weighted by Crippen LogP contribution is 2.42. The molecule has 0 bridgehead atoms. The lowest BCUT2D eigenvalue weighted by Gasteiger charge is -2.29. The van der Waals surface area contributed by atoms with E-state index >= 15 is 0 Å². The lowest BCUT2D eigenvalue weighted by Crippen LogP contribution is -2.31. The molecule has 0 aromatic heterocycles. The molecule has 0 fully saturated rings. The summed E-state index contributed by atoms with van der Waals surface area (Å²) in [4.78, 5) is 12.3. The molecular formula is C22H36O4S. The fraction of sp³-hybridized carbons (Fsp3) is 0.682. The minimum atomic E-state index is -0.920. The number of phenolic OH excluding ortho intramolecular Hbond substituents is 1. The van der Waals surface area contributed by atoms with E-state index in [2.05, 4.69) is 41.5 Å². The molecule has 27 heavy (non-hydrogen) atoms. The zero-order valence-corrected chi connectivity index (χ0v) is 19.0. The maximum absolute atomic E-state index is 11.2. The fourth-order valence-electron chi connectivity index (χ4n) is 2.83. The van der Waals surface area contributed by atoms with Gasteiger partial charge < -0.3 is 14.9 Å². The number of carboxylic acid groups (broad SMARTS) is 1. The molecule has 1 rings (SSSR count). The van der Waals surface area contributed by atoms with Crippen molar-refractivity contribution in [3.8, 4) is 5.75 Å². The molecule has 0 aliphatic carbocycles. The van der Waals surface area contributed by atoms with Gasteiger partial charge in [0.15, 0.2) is 6.10 Å². The van der Waals surface area contributed by atoms with E-state index in [1.807, 2.05) is 32.9 Å². The van der Waals surface area contributed by atoms with Crippen molar-refractivity contribution in [2.45, 2.75) is 102 Å². The first-order chi connectivity index (χ1) is 12.2. The molecule has 4 nitrogen and oxygen atoms in total. The van der Waals surface area contributed by atoms with Crippen molar-refractivity contribution in [2.75, 3.05) is 0 Å². The molecule has 154 valence electrons. The van der Waals surface area contributed by atoms with Crippen molar-refractivity contribution < 1.29 is 19.7 Å². The van der Waals surface area contributed by atoms with Gasteiger partial charge in [0.05, 0.1) is 6.10 Å². The van der Waals surface area contributed by atoms with E-state index < -0.39 is 12.1 Å². The summed E-state index contributed by atoms with van der Waals surface area (Å²) in [6.45, 7) is 18.3. The van der Waals surface area contributed by atoms with E-state index in [0.29, 0.717) is 12.2 Å². The second kappa shape index (κ2) is 8.87. The zero-order valence-electron chi connectivity index (χ0n) is 18.2. The number of aromatic hydroxyl groups is 1. The first-order valence-electron chi connectivity index (χ1n) is 9.61. The van der Waals surface area contributed by atoms with Gasteiger partial charge >= 0.3 is 5.97 Å². The summed E-state index contributed by atoms with van der Waals surface area (Å²) in [5.41, 5.74) is 1.50. The summed E-state index contributed by atoms with van der Waals surface area (Å²) in [6.07, 6.45) is -0.544. The summed E-state index contributed by atoms with van der Waals surface area (Å²) in [6, 6.07) is 4.10. The summed E-state index contributed by atoms with van der Waals surface area (Å²) in [5, 5.41) is 20.1. The van der Waals surface area contributed by atoms with E-state index in [-0.39, 0.29) is 22.2 Å². The van der Waals surface area contributed by atoms with Crippen LogP contribution in [0.25, 0.3) is 0 Å². The van der Waals surface area contributed by atoms with Gasteiger partial charge in [-0.1, -0.05) is 55.4 Å². The Balaban J connectivity index is 3.17. The van der Waals surface area contributed by atoms with Gasteiger partial charge in [0.25, 0.3) is 0 Å². The van der Waals surface area contributed by atoms with Crippen molar-refractivity contribution >= 4 is 17.7 Å². The molecular weight excluding hydrogens is 360 g/mol. The average Bonchev–Trinajstić information content (AvgIpc) is 2.51. The monoisotopic (exact) mass is 396 g/mol. The zero-order chi connectivity index (χ0) is 21.2. The van der Waals surface area contributed by atoms with E-state index in [4.69, 9.17) is 4.74 Å². The smallest absolute Gasteiger partial charge is 0.332 e. The summed E-state index contributed by atoms with van der Waals surface area (Å²) in [5.74, 6) is -0.551. The third-order valence-electron chi connectivity index (χ3n) is 4.71. The first-order valence-corrected chi connectivity index (χ1v) is 10.5. The molecule has 3 atom stereocenters. The van der Waals surface area contributed by atoms with Crippen LogP contribution in [0.3, 0.4) is 0 Å². The highest BCUT2D eigenvalue weighted by atomic mass is 32.2. The lowest BCUT2D eigenvalue weighted by atomic mass is 9.79. The average molecular weight is 397 g/mol. The van der Waals surface area contributed by atoms with Crippen molar-refractivity contribution in [3.63, 3.8) is 0 Å². The Hall–Kier alpha value is -1.20. The van der Waals surface area contributed by atoms with E-state index in [1.165, 1.54) is 0 Å². The van der Waals surface area contributed by atoms with Crippen LogP contribution >= 0.6 is 11.8 Å². The Bertz CT molecular complexity index is 620. The van der Waals surface area contributed by atoms with Crippen LogP contribution < -0.4 is 0 Å². The molecule has 0 aliphatic rings. The topological polar surface area (TPSA) is 66.8 Å². The molecule has 0 radical (unpaired) electrons. The number of hydrogen-bond donors (Lipinski definition) is 2. The van der Waals surface area contributed by atoms with E-state index in [1.54, 1.807) is 11.8 Å². The molecule has 2 N–H and O–H groups in total. The lowest BCUT2D eigenvalue weighted by molar-refractivity contribution is -0.153. The number of ether oxygens (including phenoxy) is 1. The SMILES string of the molecule is CCC(O[C@H](C)[C@@H](C)Sc1cc(C(C)(C)C)c(O)c(C(C)(C)C)c1)C(=O)O. The van der Waals surface area contributed by atoms with Gasteiger partial charge in [-0.3, -0.25) is 0 Å². The normalized spacial score (nSPS) is 16.0. The minimum Gasteiger partial charge on any atom is -0.507 e. The molecule has 0 spiro atoms. The Kier molecular flexibility index (Phi) is 7.83. The number of thioether (sulfide) groups is 1. The minimum absolute atomic E-state index is 0.0728. The Morgan fingerprint density at radius 2 is 1.52 bits per heavy atom. The van der Waals surface area contributed by atoms with Gasteiger partial charge in [-0.25, -0.2) is 4.79 Å². The van der Waals surface area contributed by atoms with Crippen molar-refractivity contribution in [1.82, 2.24) is 0 Å². The van der Waals surface area contributed by atoms with Crippen LogP contribution in [0, 0.1) is 0 Å². The second-order valence-corrected chi connectivity index (χ2v) is 10.7. The van der Waals surface area contributed by atoms with Crippen molar-refractivity contribution in [3.05, 3.63) is 23.3 Å². The number of aliphatic carboxylic acids is 1. The molecule has 0 heterocycles. The van der Waals surface area contributed by atoms with Gasteiger partial charge in [0.1, 0.15) is 5.75 Å². The quantitative estimate of drug-likeness (QED) is 0.576. The van der Waals surface area contributed by atoms with E-state index in [9.17, 15) is 15.0 Å².